The number of aliphatic hydroxyl groups is 1. The van der Waals surface area contributed by atoms with Gasteiger partial charge in [-0.15, -0.1) is 0 Å². The molecule has 0 fully saturated rings. The lowest BCUT2D eigenvalue weighted by molar-refractivity contribution is 0.00143. The van der Waals surface area contributed by atoms with Gasteiger partial charge in [0.2, 0.25) is 0 Å². The van der Waals surface area contributed by atoms with Crippen LogP contribution in [0.15, 0.2) is 30.5 Å². The molecule has 2 atom stereocenters. The molecule has 0 bridgehead atoms. The fourth-order valence-corrected chi connectivity index (χ4v) is 2.19. The topological polar surface area (TPSA) is 36.0 Å². The van der Waals surface area contributed by atoms with Crippen LogP contribution in [-0.4, -0.2) is 10.1 Å². The Morgan fingerprint density at radius 2 is 2.12 bits per heavy atom. The van der Waals surface area contributed by atoms with Crippen molar-refractivity contribution in [2.45, 2.75) is 32.8 Å². The molecule has 1 aromatic heterocycles. The maximum atomic E-state index is 10.7. The van der Waals surface area contributed by atoms with Gasteiger partial charge < -0.3 is 10.1 Å². The Morgan fingerprint density at radius 3 is 2.81 bits per heavy atom. The second-order valence-electron chi connectivity index (χ2n) is 4.70. The van der Waals surface area contributed by atoms with E-state index in [2.05, 4.69) is 18.8 Å². The lowest BCUT2D eigenvalue weighted by atomic mass is 9.81. The molecular weight excluding hydrogens is 198 g/mol. The Kier molecular flexibility index (Phi) is 2.76. The monoisotopic (exact) mass is 217 g/mol. The molecule has 2 nitrogen and oxygen atoms in total. The highest BCUT2D eigenvalue weighted by atomic mass is 16.3. The minimum absolute atomic E-state index is 0.244. The predicted molar refractivity (Wildman–Crippen MR) is 67.3 cm³/mol. The summed E-state index contributed by atoms with van der Waals surface area (Å²) in [6.45, 7) is 6.10. The van der Waals surface area contributed by atoms with E-state index >= 15 is 0 Å². The van der Waals surface area contributed by atoms with Crippen LogP contribution in [0.2, 0.25) is 0 Å². The van der Waals surface area contributed by atoms with E-state index in [0.29, 0.717) is 0 Å². The standard InChI is InChI=1S/C14H19NO/c1-4-10(2)14(3,16)12-6-5-7-13-11(12)8-9-15-13/h5-10,15-16H,4H2,1-3H3. The molecule has 1 aromatic carbocycles. The Balaban J connectivity index is 2.58. The summed E-state index contributed by atoms with van der Waals surface area (Å²) in [5.74, 6) is 0.244. The maximum absolute atomic E-state index is 10.7. The summed E-state index contributed by atoms with van der Waals surface area (Å²) in [4.78, 5) is 3.18. The zero-order valence-corrected chi connectivity index (χ0v) is 10.1. The number of H-pyrrole nitrogens is 1. The summed E-state index contributed by atoms with van der Waals surface area (Å²) in [5.41, 5.74) is 1.33. The second kappa shape index (κ2) is 3.95. The molecule has 86 valence electrons. The minimum Gasteiger partial charge on any atom is -0.385 e. The Hall–Kier alpha value is -1.28. The van der Waals surface area contributed by atoms with Crippen molar-refractivity contribution in [3.05, 3.63) is 36.0 Å². The summed E-state index contributed by atoms with van der Waals surface area (Å²) in [6, 6.07) is 8.07. The molecule has 0 spiro atoms. The van der Waals surface area contributed by atoms with Gasteiger partial charge in [-0.25, -0.2) is 0 Å². The van der Waals surface area contributed by atoms with Gasteiger partial charge in [-0.1, -0.05) is 32.4 Å². The maximum Gasteiger partial charge on any atom is 0.0900 e. The van der Waals surface area contributed by atoms with E-state index in [0.717, 1.165) is 22.9 Å². The first-order valence-electron chi connectivity index (χ1n) is 5.86. The van der Waals surface area contributed by atoms with E-state index in [1.807, 2.05) is 37.4 Å². The van der Waals surface area contributed by atoms with Crippen LogP contribution < -0.4 is 0 Å². The molecule has 0 radical (unpaired) electrons. The van der Waals surface area contributed by atoms with Gasteiger partial charge in [0.1, 0.15) is 0 Å². The molecule has 0 saturated carbocycles. The number of aromatic amines is 1. The number of benzene rings is 1. The number of rotatable bonds is 3. The van der Waals surface area contributed by atoms with Crippen LogP contribution in [-0.2, 0) is 5.60 Å². The van der Waals surface area contributed by atoms with Gasteiger partial charge in [0.15, 0.2) is 0 Å². The smallest absolute Gasteiger partial charge is 0.0900 e. The second-order valence-corrected chi connectivity index (χ2v) is 4.70. The number of nitrogens with one attached hydrogen (secondary N) is 1. The molecule has 16 heavy (non-hydrogen) atoms. The largest absolute Gasteiger partial charge is 0.385 e. The quantitative estimate of drug-likeness (QED) is 0.812. The van der Waals surface area contributed by atoms with Crippen molar-refractivity contribution in [1.29, 1.82) is 0 Å². The normalized spacial score (nSPS) is 17.2. The third kappa shape index (κ3) is 1.63. The molecule has 0 aliphatic rings. The number of hydrogen-bond donors (Lipinski definition) is 2. The van der Waals surface area contributed by atoms with Crippen LogP contribution in [0.4, 0.5) is 0 Å². The third-order valence-corrected chi connectivity index (χ3v) is 3.71. The Morgan fingerprint density at radius 1 is 1.38 bits per heavy atom. The van der Waals surface area contributed by atoms with Crippen molar-refractivity contribution in [3.8, 4) is 0 Å². The van der Waals surface area contributed by atoms with Crippen molar-refractivity contribution in [1.82, 2.24) is 4.98 Å². The van der Waals surface area contributed by atoms with Gasteiger partial charge in [-0.05, 0) is 30.5 Å². The molecule has 2 rings (SSSR count). The molecule has 0 saturated heterocycles. The van der Waals surface area contributed by atoms with Gasteiger partial charge in [0, 0.05) is 17.1 Å². The summed E-state index contributed by atoms with van der Waals surface area (Å²) in [6.07, 6.45) is 2.88. The van der Waals surface area contributed by atoms with Gasteiger partial charge in [-0.2, -0.15) is 0 Å². The molecule has 2 heteroatoms. The Labute approximate surface area is 96.3 Å². The summed E-state index contributed by atoms with van der Waals surface area (Å²) in [7, 11) is 0. The molecule has 1 heterocycles. The summed E-state index contributed by atoms with van der Waals surface area (Å²) >= 11 is 0. The minimum atomic E-state index is -0.767. The zero-order chi connectivity index (χ0) is 11.8. The third-order valence-electron chi connectivity index (χ3n) is 3.71. The first kappa shape index (κ1) is 11.2. The number of hydrogen-bond acceptors (Lipinski definition) is 1. The molecule has 2 N–H and O–H groups in total. The fourth-order valence-electron chi connectivity index (χ4n) is 2.19. The summed E-state index contributed by atoms with van der Waals surface area (Å²) < 4.78 is 0. The average Bonchev–Trinajstić information content (AvgIpc) is 2.75. The highest BCUT2D eigenvalue weighted by Crippen LogP contribution is 2.35. The molecule has 0 aliphatic carbocycles. The molecule has 2 unspecified atom stereocenters. The van der Waals surface area contributed by atoms with Crippen LogP contribution >= 0.6 is 0 Å². The first-order valence-corrected chi connectivity index (χ1v) is 5.86. The molecular formula is C14H19NO. The van der Waals surface area contributed by atoms with E-state index in [1.165, 1.54) is 0 Å². The van der Waals surface area contributed by atoms with Crippen LogP contribution in [0.3, 0.4) is 0 Å². The highest BCUT2D eigenvalue weighted by molar-refractivity contribution is 5.83. The van der Waals surface area contributed by atoms with Crippen LogP contribution in [0.25, 0.3) is 10.9 Å². The van der Waals surface area contributed by atoms with E-state index < -0.39 is 5.60 Å². The average molecular weight is 217 g/mol. The lowest BCUT2D eigenvalue weighted by Crippen LogP contribution is -2.29. The van der Waals surface area contributed by atoms with E-state index in [1.54, 1.807) is 0 Å². The van der Waals surface area contributed by atoms with Crippen LogP contribution in [0, 0.1) is 5.92 Å². The van der Waals surface area contributed by atoms with Gasteiger partial charge in [0.05, 0.1) is 5.60 Å². The van der Waals surface area contributed by atoms with Crippen LogP contribution in [0.1, 0.15) is 32.8 Å². The van der Waals surface area contributed by atoms with Crippen molar-refractivity contribution >= 4 is 10.9 Å². The number of fused-ring (bicyclic) bond motifs is 1. The number of aromatic nitrogens is 1. The first-order chi connectivity index (χ1) is 7.57. The SMILES string of the molecule is CCC(C)C(C)(O)c1cccc2[nH]ccc12. The van der Waals surface area contributed by atoms with Crippen molar-refractivity contribution in [2.75, 3.05) is 0 Å². The van der Waals surface area contributed by atoms with Crippen molar-refractivity contribution in [2.24, 2.45) is 5.92 Å². The van der Waals surface area contributed by atoms with Gasteiger partial charge >= 0.3 is 0 Å². The summed E-state index contributed by atoms with van der Waals surface area (Å²) in [5, 5.41) is 11.8. The zero-order valence-electron chi connectivity index (χ0n) is 10.1. The van der Waals surface area contributed by atoms with Gasteiger partial charge in [0.25, 0.3) is 0 Å². The van der Waals surface area contributed by atoms with E-state index in [4.69, 9.17) is 0 Å². The van der Waals surface area contributed by atoms with E-state index in [9.17, 15) is 5.11 Å². The fraction of sp³-hybridized carbons (Fsp3) is 0.429. The highest BCUT2D eigenvalue weighted by Gasteiger charge is 2.30. The van der Waals surface area contributed by atoms with Crippen molar-refractivity contribution in [3.63, 3.8) is 0 Å². The van der Waals surface area contributed by atoms with Gasteiger partial charge in [-0.3, -0.25) is 0 Å². The molecule has 0 amide bonds. The Bertz CT molecular complexity index is 484. The molecule has 0 aliphatic heterocycles. The van der Waals surface area contributed by atoms with Crippen LogP contribution in [0.5, 0.6) is 0 Å². The van der Waals surface area contributed by atoms with E-state index in [-0.39, 0.29) is 5.92 Å². The van der Waals surface area contributed by atoms with Crippen molar-refractivity contribution < 1.29 is 5.11 Å². The molecule has 2 aromatic rings. The predicted octanol–water partition coefficient (Wildman–Crippen LogP) is 3.42. The lowest BCUT2D eigenvalue weighted by Gasteiger charge is -2.30.